The van der Waals surface area contributed by atoms with Crippen LogP contribution in [0.1, 0.15) is 40.3 Å². The largest absolute Gasteiger partial charge is 0.478 e. The molecule has 0 saturated carbocycles. The Balaban J connectivity index is 2.03. The van der Waals surface area contributed by atoms with Crippen LogP contribution in [0, 0.1) is 5.82 Å². The molecule has 0 radical (unpaired) electrons. The van der Waals surface area contributed by atoms with E-state index in [2.05, 4.69) is 10.3 Å². The Morgan fingerprint density at radius 2 is 2.35 bits per heavy atom. The van der Waals surface area contributed by atoms with Crippen LogP contribution >= 0.6 is 11.3 Å². The lowest BCUT2D eigenvalue weighted by atomic mass is 10.1. The molecule has 2 aromatic rings. The van der Waals surface area contributed by atoms with E-state index in [1.165, 1.54) is 12.1 Å². The quantitative estimate of drug-likeness (QED) is 0.858. The number of rotatable bonds is 6. The van der Waals surface area contributed by atoms with Crippen LogP contribution in [0.4, 0.5) is 4.39 Å². The Hall–Kier alpha value is -1.79. The number of thiazole rings is 1. The molecule has 2 rings (SSSR count). The number of halogens is 1. The molecule has 1 atom stereocenters. The summed E-state index contributed by atoms with van der Waals surface area (Å²) in [5, 5.41) is 15.0. The summed E-state index contributed by atoms with van der Waals surface area (Å²) in [6.07, 6.45) is 2.63. The molecule has 1 aromatic carbocycles. The third-order valence-corrected chi connectivity index (χ3v) is 3.86. The minimum atomic E-state index is -1.25. The number of hydrogen-bond donors (Lipinski definition) is 2. The topological polar surface area (TPSA) is 62.2 Å². The molecule has 1 aromatic heterocycles. The van der Waals surface area contributed by atoms with Gasteiger partial charge in [-0.25, -0.2) is 14.2 Å². The van der Waals surface area contributed by atoms with Crippen molar-refractivity contribution in [2.24, 2.45) is 0 Å². The number of nitrogens with zero attached hydrogens (tertiary/aromatic N) is 1. The normalized spacial score (nSPS) is 12.3. The summed E-state index contributed by atoms with van der Waals surface area (Å²) in [7, 11) is 0. The second-order valence-corrected chi connectivity index (χ2v) is 5.26. The van der Waals surface area contributed by atoms with Crippen LogP contribution in [0.25, 0.3) is 0 Å². The fraction of sp³-hybridized carbons (Fsp3) is 0.286. The lowest BCUT2D eigenvalue weighted by molar-refractivity contribution is 0.0692. The van der Waals surface area contributed by atoms with Gasteiger partial charge < -0.3 is 10.4 Å². The van der Waals surface area contributed by atoms with Crippen LogP contribution in [0.15, 0.2) is 29.8 Å². The molecule has 2 N–H and O–H groups in total. The van der Waals surface area contributed by atoms with Gasteiger partial charge in [0.25, 0.3) is 0 Å². The Morgan fingerprint density at radius 3 is 2.90 bits per heavy atom. The zero-order valence-electron chi connectivity index (χ0n) is 11.0. The van der Waals surface area contributed by atoms with Gasteiger partial charge in [-0.15, -0.1) is 11.3 Å². The highest BCUT2D eigenvalue weighted by Crippen LogP contribution is 2.19. The molecule has 20 heavy (non-hydrogen) atoms. The SMILES string of the molecule is CCC(NCc1ccc(C(=O)O)c(F)c1)c1nccs1. The van der Waals surface area contributed by atoms with E-state index in [1.807, 2.05) is 12.3 Å². The number of aromatic nitrogens is 1. The first-order valence-corrected chi connectivity index (χ1v) is 7.14. The smallest absolute Gasteiger partial charge is 0.338 e. The Kier molecular flexibility index (Phi) is 4.81. The number of carboxylic acids is 1. The van der Waals surface area contributed by atoms with Crippen LogP contribution in [0.3, 0.4) is 0 Å². The Labute approximate surface area is 120 Å². The van der Waals surface area contributed by atoms with Crippen molar-refractivity contribution >= 4 is 17.3 Å². The van der Waals surface area contributed by atoms with Gasteiger partial charge in [0.05, 0.1) is 11.6 Å². The number of carbonyl (C=O) groups is 1. The first kappa shape index (κ1) is 14.6. The van der Waals surface area contributed by atoms with Crippen molar-refractivity contribution in [3.05, 3.63) is 51.7 Å². The summed E-state index contributed by atoms with van der Waals surface area (Å²) in [6, 6.07) is 4.29. The van der Waals surface area contributed by atoms with Crippen molar-refractivity contribution in [3.8, 4) is 0 Å². The maximum atomic E-state index is 13.6. The van der Waals surface area contributed by atoms with E-state index in [9.17, 15) is 9.18 Å². The molecular weight excluding hydrogens is 279 g/mol. The summed E-state index contributed by atoms with van der Waals surface area (Å²) in [6.45, 7) is 2.52. The number of nitrogens with one attached hydrogen (secondary N) is 1. The summed E-state index contributed by atoms with van der Waals surface area (Å²) >= 11 is 1.57. The highest BCUT2D eigenvalue weighted by atomic mass is 32.1. The summed E-state index contributed by atoms with van der Waals surface area (Å²) < 4.78 is 13.6. The molecule has 1 heterocycles. The molecule has 1 unspecified atom stereocenters. The van der Waals surface area contributed by atoms with Gasteiger partial charge in [0.1, 0.15) is 10.8 Å². The van der Waals surface area contributed by atoms with Crippen molar-refractivity contribution in [2.75, 3.05) is 0 Å². The fourth-order valence-corrected chi connectivity index (χ4v) is 2.69. The second kappa shape index (κ2) is 6.58. The molecule has 0 bridgehead atoms. The molecule has 0 saturated heterocycles. The van der Waals surface area contributed by atoms with Crippen LogP contribution in [-0.4, -0.2) is 16.1 Å². The zero-order chi connectivity index (χ0) is 14.5. The second-order valence-electron chi connectivity index (χ2n) is 4.33. The summed E-state index contributed by atoms with van der Waals surface area (Å²) in [4.78, 5) is 15.0. The average molecular weight is 294 g/mol. The average Bonchev–Trinajstić information content (AvgIpc) is 2.93. The van der Waals surface area contributed by atoms with Crippen molar-refractivity contribution in [2.45, 2.75) is 25.9 Å². The van der Waals surface area contributed by atoms with Crippen molar-refractivity contribution in [1.29, 1.82) is 0 Å². The monoisotopic (exact) mass is 294 g/mol. The van der Waals surface area contributed by atoms with Crippen molar-refractivity contribution < 1.29 is 14.3 Å². The van der Waals surface area contributed by atoms with E-state index in [1.54, 1.807) is 23.6 Å². The fourth-order valence-electron chi connectivity index (χ4n) is 1.90. The number of hydrogen-bond acceptors (Lipinski definition) is 4. The van der Waals surface area contributed by atoms with Gasteiger partial charge in [-0.2, -0.15) is 0 Å². The van der Waals surface area contributed by atoms with E-state index in [0.717, 1.165) is 11.4 Å². The van der Waals surface area contributed by atoms with Crippen LogP contribution in [0.2, 0.25) is 0 Å². The van der Waals surface area contributed by atoms with Crippen molar-refractivity contribution in [1.82, 2.24) is 10.3 Å². The van der Waals surface area contributed by atoms with Crippen LogP contribution < -0.4 is 5.32 Å². The molecule has 0 fully saturated rings. The lowest BCUT2D eigenvalue weighted by Crippen LogP contribution is -2.20. The van der Waals surface area contributed by atoms with E-state index in [4.69, 9.17) is 5.11 Å². The van der Waals surface area contributed by atoms with Gasteiger partial charge in [0.2, 0.25) is 0 Å². The van der Waals surface area contributed by atoms with Gasteiger partial charge in [-0.1, -0.05) is 13.0 Å². The van der Waals surface area contributed by atoms with Crippen LogP contribution in [-0.2, 0) is 6.54 Å². The minimum absolute atomic E-state index is 0.122. The van der Waals surface area contributed by atoms with Gasteiger partial charge in [-0.05, 0) is 24.1 Å². The van der Waals surface area contributed by atoms with Gasteiger partial charge in [0.15, 0.2) is 0 Å². The summed E-state index contributed by atoms with van der Waals surface area (Å²) in [5.41, 5.74) is 0.406. The number of aromatic carboxylic acids is 1. The molecule has 4 nitrogen and oxygen atoms in total. The molecule has 0 amide bonds. The van der Waals surface area contributed by atoms with Gasteiger partial charge in [0, 0.05) is 18.1 Å². The Bertz CT molecular complexity index is 587. The molecule has 0 aliphatic heterocycles. The predicted molar refractivity (Wildman–Crippen MR) is 75.3 cm³/mol. The van der Waals surface area contributed by atoms with Crippen LogP contribution in [0.5, 0.6) is 0 Å². The predicted octanol–water partition coefficient (Wildman–Crippen LogP) is 3.22. The third kappa shape index (κ3) is 3.40. The van der Waals surface area contributed by atoms with Gasteiger partial charge in [-0.3, -0.25) is 0 Å². The minimum Gasteiger partial charge on any atom is -0.478 e. The number of benzene rings is 1. The molecular formula is C14H15FN2O2S. The maximum Gasteiger partial charge on any atom is 0.338 e. The molecule has 0 aliphatic carbocycles. The van der Waals surface area contributed by atoms with E-state index < -0.39 is 11.8 Å². The zero-order valence-corrected chi connectivity index (χ0v) is 11.8. The molecule has 0 aliphatic rings. The van der Waals surface area contributed by atoms with E-state index >= 15 is 0 Å². The first-order chi connectivity index (χ1) is 9.61. The first-order valence-electron chi connectivity index (χ1n) is 6.26. The molecule has 106 valence electrons. The molecule has 6 heteroatoms. The van der Waals surface area contributed by atoms with E-state index in [-0.39, 0.29) is 11.6 Å². The molecule has 0 spiro atoms. The lowest BCUT2D eigenvalue weighted by Gasteiger charge is -2.14. The standard InChI is InChI=1S/C14H15FN2O2S/c1-2-12(13-16-5-6-20-13)17-8-9-3-4-10(14(18)19)11(15)7-9/h3-7,12,17H,2,8H2,1H3,(H,18,19). The van der Waals surface area contributed by atoms with Crippen molar-refractivity contribution in [3.63, 3.8) is 0 Å². The third-order valence-electron chi connectivity index (χ3n) is 2.97. The summed E-state index contributed by atoms with van der Waals surface area (Å²) in [5.74, 6) is -1.96. The highest BCUT2D eigenvalue weighted by molar-refractivity contribution is 7.09. The van der Waals surface area contributed by atoms with E-state index in [0.29, 0.717) is 12.1 Å². The highest BCUT2D eigenvalue weighted by Gasteiger charge is 2.13. The number of carboxylic acid groups (broad SMARTS) is 1. The Morgan fingerprint density at radius 1 is 1.55 bits per heavy atom. The van der Waals surface area contributed by atoms with Gasteiger partial charge >= 0.3 is 5.97 Å². The maximum absolute atomic E-state index is 13.6.